The minimum absolute atomic E-state index is 0.0470. The predicted molar refractivity (Wildman–Crippen MR) is 39.9 cm³/mol. The minimum atomic E-state index is -0.262. The van der Waals surface area contributed by atoms with Crippen molar-refractivity contribution in [3.05, 3.63) is 0 Å². The zero-order chi connectivity index (χ0) is 8.43. The van der Waals surface area contributed by atoms with Crippen LogP contribution in [0.3, 0.4) is 0 Å². The van der Waals surface area contributed by atoms with E-state index in [1.165, 1.54) is 0 Å². The van der Waals surface area contributed by atoms with Gasteiger partial charge in [-0.3, -0.25) is 4.79 Å². The fraction of sp³-hybridized carbons (Fsp3) is 0.875. The summed E-state index contributed by atoms with van der Waals surface area (Å²) in [7, 11) is 0. The number of aliphatic hydroxyl groups excluding tert-OH is 1. The lowest BCUT2D eigenvalue weighted by Gasteiger charge is -2.17. The molecule has 1 rings (SSSR count). The van der Waals surface area contributed by atoms with Gasteiger partial charge in [0.1, 0.15) is 6.10 Å². The second-order valence-corrected chi connectivity index (χ2v) is 3.32. The van der Waals surface area contributed by atoms with Crippen molar-refractivity contribution in [2.24, 2.45) is 11.8 Å². The first-order valence-corrected chi connectivity index (χ1v) is 3.95. The van der Waals surface area contributed by atoms with E-state index in [2.05, 4.69) is 0 Å². The van der Waals surface area contributed by atoms with Crippen LogP contribution in [0.25, 0.3) is 0 Å². The predicted octanol–water partition coefficient (Wildman–Crippen LogP) is 0.566. The summed E-state index contributed by atoms with van der Waals surface area (Å²) in [6, 6.07) is 0. The largest absolute Gasteiger partial charge is 0.460 e. The number of cyclic esters (lactones) is 1. The van der Waals surface area contributed by atoms with Gasteiger partial charge in [0.05, 0.1) is 13.0 Å². The van der Waals surface area contributed by atoms with Crippen molar-refractivity contribution in [2.75, 3.05) is 6.61 Å². The van der Waals surface area contributed by atoms with Crippen molar-refractivity contribution in [3.63, 3.8) is 0 Å². The molecule has 0 bridgehead atoms. The van der Waals surface area contributed by atoms with E-state index in [0.29, 0.717) is 12.3 Å². The molecule has 0 aromatic rings. The Morgan fingerprint density at radius 3 is 2.73 bits per heavy atom. The molecule has 2 unspecified atom stereocenters. The standard InChI is InChI=1S/C8H14O3/c1-5(2)6-3-8(10)11-7(6)4-9/h5-7,9H,3-4H2,1-2H3. The Kier molecular flexibility index (Phi) is 2.49. The van der Waals surface area contributed by atoms with E-state index in [-0.39, 0.29) is 24.6 Å². The first kappa shape index (κ1) is 8.53. The molecule has 0 saturated carbocycles. The molecule has 64 valence electrons. The van der Waals surface area contributed by atoms with Gasteiger partial charge >= 0.3 is 5.97 Å². The molecular weight excluding hydrogens is 144 g/mol. The Bertz CT molecular complexity index is 153. The highest BCUT2D eigenvalue weighted by Gasteiger charge is 2.35. The van der Waals surface area contributed by atoms with Crippen molar-refractivity contribution in [1.29, 1.82) is 0 Å². The molecular formula is C8H14O3. The van der Waals surface area contributed by atoms with Gasteiger partial charge < -0.3 is 9.84 Å². The molecule has 1 saturated heterocycles. The quantitative estimate of drug-likeness (QED) is 0.597. The van der Waals surface area contributed by atoms with Gasteiger partial charge in [0.25, 0.3) is 0 Å². The molecule has 0 aromatic heterocycles. The molecule has 0 amide bonds. The van der Waals surface area contributed by atoms with E-state index >= 15 is 0 Å². The van der Waals surface area contributed by atoms with E-state index in [9.17, 15) is 4.79 Å². The van der Waals surface area contributed by atoms with E-state index in [1.54, 1.807) is 0 Å². The summed E-state index contributed by atoms with van der Waals surface area (Å²) >= 11 is 0. The molecule has 2 atom stereocenters. The molecule has 1 fully saturated rings. The number of esters is 1. The molecule has 1 N–H and O–H groups in total. The van der Waals surface area contributed by atoms with Gasteiger partial charge in [-0.05, 0) is 5.92 Å². The molecule has 1 aliphatic heterocycles. The zero-order valence-corrected chi connectivity index (χ0v) is 6.91. The lowest BCUT2D eigenvalue weighted by molar-refractivity contribution is -0.142. The van der Waals surface area contributed by atoms with Crippen molar-refractivity contribution in [2.45, 2.75) is 26.4 Å². The first-order valence-electron chi connectivity index (χ1n) is 3.95. The summed E-state index contributed by atoms with van der Waals surface area (Å²) in [5.41, 5.74) is 0. The maximum atomic E-state index is 10.8. The summed E-state index contributed by atoms with van der Waals surface area (Å²) in [6.07, 6.45) is 0.200. The van der Waals surface area contributed by atoms with E-state index in [1.807, 2.05) is 13.8 Å². The molecule has 3 heteroatoms. The van der Waals surface area contributed by atoms with Crippen LogP contribution in [-0.2, 0) is 9.53 Å². The van der Waals surface area contributed by atoms with Crippen LogP contribution in [0.1, 0.15) is 20.3 Å². The van der Waals surface area contributed by atoms with Gasteiger partial charge in [-0.25, -0.2) is 0 Å². The van der Waals surface area contributed by atoms with Crippen LogP contribution in [0.15, 0.2) is 0 Å². The maximum Gasteiger partial charge on any atom is 0.306 e. The number of carbonyl (C=O) groups excluding carboxylic acids is 1. The Balaban J connectivity index is 2.57. The molecule has 1 heterocycles. The number of rotatable bonds is 2. The topological polar surface area (TPSA) is 46.5 Å². The smallest absolute Gasteiger partial charge is 0.306 e. The number of hydrogen-bond donors (Lipinski definition) is 1. The first-order chi connectivity index (χ1) is 5.15. The third-order valence-electron chi connectivity index (χ3n) is 2.20. The maximum absolute atomic E-state index is 10.8. The Morgan fingerprint density at radius 2 is 2.36 bits per heavy atom. The summed E-state index contributed by atoms with van der Waals surface area (Å²) in [5, 5.41) is 8.83. The normalized spacial score (nSPS) is 31.1. The Morgan fingerprint density at radius 1 is 1.73 bits per heavy atom. The van der Waals surface area contributed by atoms with E-state index in [4.69, 9.17) is 9.84 Å². The van der Waals surface area contributed by atoms with Crippen LogP contribution in [0.4, 0.5) is 0 Å². The summed E-state index contributed by atoms with van der Waals surface area (Å²) in [5.74, 6) is 0.425. The van der Waals surface area contributed by atoms with Gasteiger partial charge in [-0.2, -0.15) is 0 Å². The summed E-state index contributed by atoms with van der Waals surface area (Å²) in [4.78, 5) is 10.8. The SMILES string of the molecule is CC(C)C1CC(=O)OC1CO. The molecule has 11 heavy (non-hydrogen) atoms. The fourth-order valence-electron chi connectivity index (χ4n) is 1.47. The van der Waals surface area contributed by atoms with Gasteiger partial charge in [-0.1, -0.05) is 13.8 Å². The Hall–Kier alpha value is -0.570. The molecule has 0 aromatic carbocycles. The van der Waals surface area contributed by atoms with Crippen LogP contribution < -0.4 is 0 Å². The second-order valence-electron chi connectivity index (χ2n) is 3.32. The van der Waals surface area contributed by atoms with E-state index < -0.39 is 0 Å². The minimum Gasteiger partial charge on any atom is -0.460 e. The van der Waals surface area contributed by atoms with Crippen LogP contribution in [-0.4, -0.2) is 23.8 Å². The van der Waals surface area contributed by atoms with Crippen molar-refractivity contribution >= 4 is 5.97 Å². The van der Waals surface area contributed by atoms with Gasteiger partial charge in [0, 0.05) is 5.92 Å². The summed E-state index contributed by atoms with van der Waals surface area (Å²) in [6.45, 7) is 4.03. The number of ether oxygens (including phenoxy) is 1. The molecule has 3 nitrogen and oxygen atoms in total. The Labute approximate surface area is 66.4 Å². The average Bonchev–Trinajstić information content (AvgIpc) is 2.30. The highest BCUT2D eigenvalue weighted by molar-refractivity contribution is 5.72. The van der Waals surface area contributed by atoms with Crippen molar-refractivity contribution < 1.29 is 14.6 Å². The van der Waals surface area contributed by atoms with Gasteiger partial charge in [-0.15, -0.1) is 0 Å². The lowest BCUT2D eigenvalue weighted by atomic mass is 9.90. The van der Waals surface area contributed by atoms with Crippen molar-refractivity contribution in [3.8, 4) is 0 Å². The molecule has 1 aliphatic rings. The van der Waals surface area contributed by atoms with Gasteiger partial charge in [0.2, 0.25) is 0 Å². The summed E-state index contributed by atoms with van der Waals surface area (Å²) < 4.78 is 4.90. The molecule has 0 aliphatic carbocycles. The average molecular weight is 158 g/mol. The second kappa shape index (κ2) is 3.22. The molecule has 0 radical (unpaired) electrons. The fourth-order valence-corrected chi connectivity index (χ4v) is 1.47. The third kappa shape index (κ3) is 1.71. The number of aliphatic hydroxyl groups is 1. The van der Waals surface area contributed by atoms with Crippen LogP contribution in [0, 0.1) is 11.8 Å². The highest BCUT2D eigenvalue weighted by Crippen LogP contribution is 2.28. The van der Waals surface area contributed by atoms with Crippen LogP contribution in [0.2, 0.25) is 0 Å². The highest BCUT2D eigenvalue weighted by atomic mass is 16.6. The number of hydrogen-bond acceptors (Lipinski definition) is 3. The zero-order valence-electron chi connectivity index (χ0n) is 6.91. The third-order valence-corrected chi connectivity index (χ3v) is 2.20. The van der Waals surface area contributed by atoms with Crippen LogP contribution >= 0.6 is 0 Å². The lowest BCUT2D eigenvalue weighted by Crippen LogP contribution is -2.24. The molecule has 0 spiro atoms. The van der Waals surface area contributed by atoms with E-state index in [0.717, 1.165) is 0 Å². The monoisotopic (exact) mass is 158 g/mol. The number of carbonyl (C=O) groups is 1. The van der Waals surface area contributed by atoms with Crippen LogP contribution in [0.5, 0.6) is 0 Å². The van der Waals surface area contributed by atoms with Gasteiger partial charge in [0.15, 0.2) is 0 Å². The van der Waals surface area contributed by atoms with Crippen molar-refractivity contribution in [1.82, 2.24) is 0 Å².